The zero-order chi connectivity index (χ0) is 27.4. The molecule has 0 aliphatic carbocycles. The van der Waals surface area contributed by atoms with Crippen LogP contribution in [0.15, 0.2) is 48.5 Å². The summed E-state index contributed by atoms with van der Waals surface area (Å²) >= 11 is 0. The average Bonchev–Trinajstić information content (AvgIpc) is 2.76. The molecule has 0 fully saturated rings. The molecular weight excluding hydrogens is 492 g/mol. The number of carbonyl (C=O) groups excluding carboxylic acids is 2. The molecule has 1 heterocycles. The molecular formula is C27H38N4O5S. The van der Waals surface area contributed by atoms with Crippen LogP contribution in [0.25, 0.3) is 0 Å². The van der Waals surface area contributed by atoms with E-state index >= 15 is 0 Å². The molecule has 1 aliphatic heterocycles. The van der Waals surface area contributed by atoms with Crippen LogP contribution in [0, 0.1) is 0 Å². The Morgan fingerprint density at radius 2 is 1.68 bits per heavy atom. The van der Waals surface area contributed by atoms with Crippen LogP contribution < -0.4 is 19.7 Å². The minimum Gasteiger partial charge on any atom is -0.444 e. The predicted octanol–water partition coefficient (Wildman–Crippen LogP) is 4.15. The van der Waals surface area contributed by atoms with Crippen LogP contribution in [0.4, 0.5) is 16.2 Å². The van der Waals surface area contributed by atoms with E-state index in [0.29, 0.717) is 30.8 Å². The Morgan fingerprint density at radius 1 is 1.00 bits per heavy atom. The molecule has 3 rings (SSSR count). The summed E-state index contributed by atoms with van der Waals surface area (Å²) in [4.78, 5) is 26.0. The van der Waals surface area contributed by atoms with Crippen LogP contribution in [0.2, 0.25) is 0 Å². The fourth-order valence-electron chi connectivity index (χ4n) is 4.13. The molecule has 0 saturated carbocycles. The lowest BCUT2D eigenvalue weighted by Gasteiger charge is -2.34. The third-order valence-electron chi connectivity index (χ3n) is 5.48. The van der Waals surface area contributed by atoms with E-state index in [1.807, 2.05) is 30.3 Å². The summed E-state index contributed by atoms with van der Waals surface area (Å²) in [5.74, 6) is -0.420. The Morgan fingerprint density at radius 3 is 2.30 bits per heavy atom. The minimum atomic E-state index is -3.79. The van der Waals surface area contributed by atoms with Crippen LogP contribution in [-0.4, -0.2) is 44.1 Å². The van der Waals surface area contributed by atoms with Gasteiger partial charge in [-0.05, 0) is 72.1 Å². The van der Waals surface area contributed by atoms with Gasteiger partial charge in [-0.2, -0.15) is 13.1 Å². The number of benzene rings is 2. The Kier molecular flexibility index (Phi) is 8.54. The lowest BCUT2D eigenvalue weighted by Crippen LogP contribution is -2.50. The van der Waals surface area contributed by atoms with Crippen molar-refractivity contribution < 1.29 is 22.7 Å². The molecule has 2 amide bonds. The predicted molar refractivity (Wildman–Crippen MR) is 146 cm³/mol. The van der Waals surface area contributed by atoms with Crippen molar-refractivity contribution >= 4 is 33.6 Å². The van der Waals surface area contributed by atoms with Crippen molar-refractivity contribution in [1.82, 2.24) is 10.0 Å². The average molecular weight is 531 g/mol. The van der Waals surface area contributed by atoms with Gasteiger partial charge >= 0.3 is 16.3 Å². The maximum Gasteiger partial charge on any atom is 0.408 e. The molecule has 1 atom stereocenters. The van der Waals surface area contributed by atoms with E-state index in [4.69, 9.17) is 4.74 Å². The molecule has 0 radical (unpaired) electrons. The molecule has 0 aromatic heterocycles. The molecule has 0 saturated heterocycles. The number of ether oxygens (including phenoxy) is 1. The number of alkyl carbamates (subject to hydrolysis) is 1. The number of hydrogen-bond donors (Lipinski definition) is 3. The normalized spacial score (nSPS) is 14.9. The Balaban J connectivity index is 1.87. The highest BCUT2D eigenvalue weighted by molar-refractivity contribution is 7.90. The van der Waals surface area contributed by atoms with Gasteiger partial charge in [0.2, 0.25) is 5.91 Å². The number of carbonyl (C=O) groups is 2. The first-order valence-electron chi connectivity index (χ1n) is 12.4. The van der Waals surface area contributed by atoms with Crippen LogP contribution in [0.5, 0.6) is 0 Å². The molecule has 0 bridgehead atoms. The van der Waals surface area contributed by atoms with Crippen molar-refractivity contribution in [3.63, 3.8) is 0 Å². The zero-order valence-electron chi connectivity index (χ0n) is 22.4. The van der Waals surface area contributed by atoms with Crippen molar-refractivity contribution in [3.05, 3.63) is 59.7 Å². The molecule has 9 nitrogen and oxygen atoms in total. The molecule has 37 heavy (non-hydrogen) atoms. The summed E-state index contributed by atoms with van der Waals surface area (Å²) in [7, 11) is -3.79. The van der Waals surface area contributed by atoms with Gasteiger partial charge in [0, 0.05) is 29.8 Å². The van der Waals surface area contributed by atoms with Gasteiger partial charge in [0.05, 0.1) is 5.69 Å². The van der Waals surface area contributed by atoms with E-state index in [1.54, 1.807) is 59.7 Å². The smallest absolute Gasteiger partial charge is 0.408 e. The summed E-state index contributed by atoms with van der Waals surface area (Å²) < 4.78 is 35.7. The molecule has 0 unspecified atom stereocenters. The maximum absolute atomic E-state index is 13.4. The molecule has 1 aliphatic rings. The highest BCUT2D eigenvalue weighted by Crippen LogP contribution is 2.34. The topological polar surface area (TPSA) is 117 Å². The largest absolute Gasteiger partial charge is 0.444 e. The highest BCUT2D eigenvalue weighted by atomic mass is 32.2. The molecule has 3 N–H and O–H groups in total. The number of fused-ring (bicyclic) bond motifs is 1. The lowest BCUT2D eigenvalue weighted by molar-refractivity contribution is -0.118. The first-order valence-corrected chi connectivity index (χ1v) is 13.9. The lowest BCUT2D eigenvalue weighted by atomic mass is 10.0. The van der Waals surface area contributed by atoms with Gasteiger partial charge in [-0.1, -0.05) is 36.4 Å². The van der Waals surface area contributed by atoms with Gasteiger partial charge in [-0.15, -0.1) is 0 Å². The van der Waals surface area contributed by atoms with E-state index < -0.39 is 39.4 Å². The van der Waals surface area contributed by atoms with Crippen molar-refractivity contribution in [2.24, 2.45) is 0 Å². The Bertz CT molecular complexity index is 1220. The second-order valence-corrected chi connectivity index (χ2v) is 12.8. The minimum absolute atomic E-state index is 0.261. The van der Waals surface area contributed by atoms with Crippen LogP contribution in [0.3, 0.4) is 0 Å². The summed E-state index contributed by atoms with van der Waals surface area (Å²) in [5, 5.41) is 5.62. The van der Waals surface area contributed by atoms with Gasteiger partial charge in [-0.25, -0.2) is 4.79 Å². The Hall–Kier alpha value is -3.11. The van der Waals surface area contributed by atoms with Gasteiger partial charge in [0.1, 0.15) is 11.6 Å². The molecule has 0 spiro atoms. The summed E-state index contributed by atoms with van der Waals surface area (Å²) in [6.07, 6.45) is 0.783. The van der Waals surface area contributed by atoms with Crippen LogP contribution in [0.1, 0.15) is 59.1 Å². The second-order valence-electron chi connectivity index (χ2n) is 11.2. The maximum atomic E-state index is 13.4. The van der Waals surface area contributed by atoms with Crippen molar-refractivity contribution in [2.75, 3.05) is 16.2 Å². The van der Waals surface area contributed by atoms with Gasteiger partial charge in [0.15, 0.2) is 0 Å². The first kappa shape index (κ1) is 28.5. The molecule has 2 aromatic rings. The quantitative estimate of drug-likeness (QED) is 0.497. The number of nitrogens with zero attached hydrogens (tertiary/aromatic N) is 1. The standard InChI is InChI=1S/C27H38N4O5S/c1-26(2,3)30-37(34,35)31-17-11-14-20-21(15-10-16-23(20)31)28-24(32)22(18-19-12-8-7-9-13-19)29-25(33)36-27(4,5)6/h7-10,12-13,15-16,22,30H,11,14,17-18H2,1-6H3,(H,28,32)(H,29,33)/t22-/m0/s1. The summed E-state index contributed by atoms with van der Waals surface area (Å²) in [6.45, 7) is 11.0. The van der Waals surface area contributed by atoms with Crippen LogP contribution in [-0.2, 0) is 32.6 Å². The fourth-order valence-corrected chi connectivity index (χ4v) is 5.81. The third-order valence-corrected chi connectivity index (χ3v) is 7.31. The Labute approximate surface area is 220 Å². The van der Waals surface area contributed by atoms with Gasteiger partial charge in [0.25, 0.3) is 0 Å². The summed E-state index contributed by atoms with van der Waals surface area (Å²) in [6, 6.07) is 13.7. The molecule has 2 aromatic carbocycles. The highest BCUT2D eigenvalue weighted by Gasteiger charge is 2.32. The number of amides is 2. The van der Waals surface area contributed by atoms with E-state index in [1.165, 1.54) is 4.31 Å². The first-order chi connectivity index (χ1) is 17.1. The number of rotatable bonds is 7. The van der Waals surface area contributed by atoms with Crippen molar-refractivity contribution in [3.8, 4) is 0 Å². The number of hydrogen-bond acceptors (Lipinski definition) is 5. The second kappa shape index (κ2) is 11.1. The van der Waals surface area contributed by atoms with E-state index in [-0.39, 0.29) is 6.42 Å². The SMILES string of the molecule is CC(C)(C)NS(=O)(=O)N1CCCc2c(NC(=O)[C@H](Cc3ccccc3)NC(=O)OC(C)(C)C)cccc21. The monoisotopic (exact) mass is 530 g/mol. The third kappa shape index (κ3) is 8.19. The fraction of sp³-hybridized carbons (Fsp3) is 0.481. The number of nitrogens with one attached hydrogen (secondary N) is 3. The van der Waals surface area contributed by atoms with Crippen molar-refractivity contribution in [1.29, 1.82) is 0 Å². The van der Waals surface area contributed by atoms with Crippen molar-refractivity contribution in [2.45, 2.75) is 78.0 Å². The molecule has 202 valence electrons. The van der Waals surface area contributed by atoms with E-state index in [2.05, 4.69) is 15.4 Å². The van der Waals surface area contributed by atoms with E-state index in [0.717, 1.165) is 11.1 Å². The number of anilines is 2. The zero-order valence-corrected chi connectivity index (χ0v) is 23.2. The van der Waals surface area contributed by atoms with Crippen LogP contribution >= 0.6 is 0 Å². The molecule has 10 heteroatoms. The van der Waals surface area contributed by atoms with Gasteiger partial charge < -0.3 is 15.4 Å². The van der Waals surface area contributed by atoms with Gasteiger partial charge in [-0.3, -0.25) is 9.10 Å². The summed E-state index contributed by atoms with van der Waals surface area (Å²) in [5.41, 5.74) is 1.30. The van der Waals surface area contributed by atoms with E-state index in [9.17, 15) is 18.0 Å².